The van der Waals surface area contributed by atoms with Gasteiger partial charge in [-0.2, -0.15) is 0 Å². The molecule has 5 heteroatoms. The third-order valence-corrected chi connectivity index (χ3v) is 4.47. The van der Waals surface area contributed by atoms with Crippen molar-refractivity contribution >= 4 is 0 Å². The van der Waals surface area contributed by atoms with E-state index in [0.29, 0.717) is 6.61 Å². The summed E-state index contributed by atoms with van der Waals surface area (Å²) in [5.41, 5.74) is 0. The van der Waals surface area contributed by atoms with Crippen molar-refractivity contribution in [2.75, 3.05) is 19.8 Å². The van der Waals surface area contributed by atoms with Crippen molar-refractivity contribution in [3.05, 3.63) is 12.2 Å². The number of rotatable bonds is 13. The van der Waals surface area contributed by atoms with Crippen LogP contribution in [-0.2, 0) is 9.47 Å². The molecule has 1 heterocycles. The van der Waals surface area contributed by atoms with E-state index in [-0.39, 0.29) is 13.2 Å². The first kappa shape index (κ1) is 21.6. The number of ether oxygens (including phenoxy) is 2. The Morgan fingerprint density at radius 1 is 1.00 bits per heavy atom. The Labute approximate surface area is 146 Å². The topological polar surface area (TPSA) is 79.2 Å². The lowest BCUT2D eigenvalue weighted by Crippen LogP contribution is -2.55. The fraction of sp³-hybridized carbons (Fsp3) is 0.895. The summed E-state index contributed by atoms with van der Waals surface area (Å²) in [7, 11) is 0. The zero-order chi connectivity index (χ0) is 17.6. The van der Waals surface area contributed by atoms with Crippen LogP contribution in [0.3, 0.4) is 0 Å². The number of allylic oxidation sites excluding steroid dienone is 2. The second-order valence-corrected chi connectivity index (χ2v) is 6.62. The number of hydrogen-bond acceptors (Lipinski definition) is 5. The van der Waals surface area contributed by atoms with Crippen LogP contribution in [0.25, 0.3) is 0 Å². The van der Waals surface area contributed by atoms with Crippen LogP contribution in [0.15, 0.2) is 12.2 Å². The van der Waals surface area contributed by atoms with Gasteiger partial charge in [0.2, 0.25) is 0 Å². The molecule has 4 atom stereocenters. The first-order valence-corrected chi connectivity index (χ1v) is 9.55. The molecule has 0 unspecified atom stereocenters. The van der Waals surface area contributed by atoms with Crippen LogP contribution in [0, 0.1) is 0 Å². The molecule has 142 valence electrons. The van der Waals surface area contributed by atoms with E-state index in [1.165, 1.54) is 38.5 Å². The molecule has 1 aliphatic heterocycles. The fourth-order valence-corrected chi connectivity index (χ4v) is 2.92. The highest BCUT2D eigenvalue weighted by atomic mass is 16.6. The molecular formula is C19H36O5. The summed E-state index contributed by atoms with van der Waals surface area (Å²) in [6.45, 7) is 2.54. The van der Waals surface area contributed by atoms with Crippen LogP contribution in [0.2, 0.25) is 0 Å². The van der Waals surface area contributed by atoms with Crippen molar-refractivity contribution in [2.45, 2.75) is 89.1 Å². The average Bonchev–Trinajstić information content (AvgIpc) is 2.58. The summed E-state index contributed by atoms with van der Waals surface area (Å²) >= 11 is 0. The van der Waals surface area contributed by atoms with Crippen LogP contribution in [0.1, 0.15) is 64.7 Å². The minimum absolute atomic E-state index is 0.0884. The Bertz CT molecular complexity index is 321. The van der Waals surface area contributed by atoms with Gasteiger partial charge in [0.25, 0.3) is 0 Å². The van der Waals surface area contributed by atoms with Gasteiger partial charge in [0.15, 0.2) is 0 Å². The molecule has 0 aliphatic carbocycles. The molecule has 24 heavy (non-hydrogen) atoms. The van der Waals surface area contributed by atoms with Crippen molar-refractivity contribution in [3.8, 4) is 0 Å². The maximum absolute atomic E-state index is 9.99. The first-order chi connectivity index (χ1) is 11.7. The molecule has 1 fully saturated rings. The van der Waals surface area contributed by atoms with Gasteiger partial charge in [-0.15, -0.1) is 0 Å². The third kappa shape index (κ3) is 8.58. The predicted molar refractivity (Wildman–Crippen MR) is 94.9 cm³/mol. The molecule has 0 aromatic heterocycles. The summed E-state index contributed by atoms with van der Waals surface area (Å²) in [4.78, 5) is 0. The SMILES string of the molecule is CCCCCCCC/C=C/CCCO[C@@H]1[C@@H](O)[C@H](CO)OC[C@H]1O. The fourth-order valence-electron chi connectivity index (χ4n) is 2.92. The van der Waals surface area contributed by atoms with E-state index >= 15 is 0 Å². The maximum atomic E-state index is 9.99. The van der Waals surface area contributed by atoms with Gasteiger partial charge in [0, 0.05) is 6.61 Å². The third-order valence-electron chi connectivity index (χ3n) is 4.47. The normalized spacial score (nSPS) is 27.8. The summed E-state index contributed by atoms with van der Waals surface area (Å²) in [6, 6.07) is 0. The van der Waals surface area contributed by atoms with Crippen LogP contribution in [0.4, 0.5) is 0 Å². The van der Waals surface area contributed by atoms with E-state index in [1.54, 1.807) is 0 Å². The van der Waals surface area contributed by atoms with Gasteiger partial charge in [0.05, 0.1) is 13.2 Å². The zero-order valence-corrected chi connectivity index (χ0v) is 15.1. The lowest BCUT2D eigenvalue weighted by Gasteiger charge is -2.37. The Hall–Kier alpha value is -0.460. The molecular weight excluding hydrogens is 308 g/mol. The van der Waals surface area contributed by atoms with Gasteiger partial charge >= 0.3 is 0 Å². The van der Waals surface area contributed by atoms with E-state index in [9.17, 15) is 10.2 Å². The molecule has 1 rings (SSSR count). The molecule has 3 N–H and O–H groups in total. The molecule has 0 bridgehead atoms. The van der Waals surface area contributed by atoms with Gasteiger partial charge in [0.1, 0.15) is 24.4 Å². The molecule has 0 aromatic carbocycles. The average molecular weight is 344 g/mol. The van der Waals surface area contributed by atoms with E-state index in [1.807, 2.05) is 0 Å². The van der Waals surface area contributed by atoms with E-state index in [2.05, 4.69) is 19.1 Å². The van der Waals surface area contributed by atoms with Gasteiger partial charge < -0.3 is 24.8 Å². The predicted octanol–water partition coefficient (Wildman–Crippen LogP) is 2.57. The van der Waals surface area contributed by atoms with Gasteiger partial charge in [-0.3, -0.25) is 0 Å². The highest BCUT2D eigenvalue weighted by Gasteiger charge is 2.38. The van der Waals surface area contributed by atoms with Gasteiger partial charge in [-0.25, -0.2) is 0 Å². The molecule has 0 amide bonds. The van der Waals surface area contributed by atoms with Crippen molar-refractivity contribution in [2.24, 2.45) is 0 Å². The van der Waals surface area contributed by atoms with Crippen molar-refractivity contribution in [1.29, 1.82) is 0 Å². The monoisotopic (exact) mass is 344 g/mol. The second kappa shape index (κ2) is 13.8. The van der Waals surface area contributed by atoms with E-state index < -0.39 is 24.4 Å². The lowest BCUT2D eigenvalue weighted by atomic mass is 10.0. The highest BCUT2D eigenvalue weighted by molar-refractivity contribution is 4.88. The molecule has 0 radical (unpaired) electrons. The van der Waals surface area contributed by atoms with Crippen LogP contribution in [-0.4, -0.2) is 59.6 Å². The minimum atomic E-state index is -0.984. The quantitative estimate of drug-likeness (QED) is 0.353. The summed E-state index contributed by atoms with van der Waals surface area (Å²) in [5.74, 6) is 0. The Morgan fingerprint density at radius 2 is 1.67 bits per heavy atom. The van der Waals surface area contributed by atoms with Crippen LogP contribution < -0.4 is 0 Å². The van der Waals surface area contributed by atoms with Crippen molar-refractivity contribution in [1.82, 2.24) is 0 Å². The standard InChI is InChI=1S/C19H36O5/c1-2-3-4-5-6-7-8-9-10-11-12-13-23-19-16(21)15-24-17(14-20)18(19)22/h9-10,16-22H,2-8,11-15H2,1H3/b10-9+/t16-,17+,18+,19+/m1/s1. The zero-order valence-electron chi connectivity index (χ0n) is 15.1. The summed E-state index contributed by atoms with van der Waals surface area (Å²) in [5, 5.41) is 28.9. The molecule has 0 aromatic rings. The molecule has 1 saturated heterocycles. The summed E-state index contributed by atoms with van der Waals surface area (Å²) in [6.07, 6.45) is 12.1. The Kier molecular flexibility index (Phi) is 12.4. The number of aliphatic hydroxyl groups excluding tert-OH is 3. The largest absolute Gasteiger partial charge is 0.394 e. The molecule has 5 nitrogen and oxygen atoms in total. The second-order valence-electron chi connectivity index (χ2n) is 6.62. The first-order valence-electron chi connectivity index (χ1n) is 9.55. The Balaban J connectivity index is 2.01. The molecule has 0 spiro atoms. The van der Waals surface area contributed by atoms with Gasteiger partial charge in [-0.1, -0.05) is 51.2 Å². The number of unbranched alkanes of at least 4 members (excludes halogenated alkanes) is 7. The Morgan fingerprint density at radius 3 is 2.38 bits per heavy atom. The molecule has 1 aliphatic rings. The lowest BCUT2D eigenvalue weighted by molar-refractivity contribution is -0.210. The minimum Gasteiger partial charge on any atom is -0.394 e. The van der Waals surface area contributed by atoms with Crippen molar-refractivity contribution in [3.63, 3.8) is 0 Å². The smallest absolute Gasteiger partial charge is 0.114 e. The molecule has 0 saturated carbocycles. The van der Waals surface area contributed by atoms with E-state index in [4.69, 9.17) is 14.6 Å². The summed E-state index contributed by atoms with van der Waals surface area (Å²) < 4.78 is 10.8. The van der Waals surface area contributed by atoms with Crippen LogP contribution >= 0.6 is 0 Å². The number of aliphatic hydroxyl groups is 3. The van der Waals surface area contributed by atoms with E-state index in [0.717, 1.165) is 19.3 Å². The van der Waals surface area contributed by atoms with Crippen LogP contribution in [0.5, 0.6) is 0 Å². The van der Waals surface area contributed by atoms with Gasteiger partial charge in [-0.05, 0) is 25.7 Å². The maximum Gasteiger partial charge on any atom is 0.114 e. The highest BCUT2D eigenvalue weighted by Crippen LogP contribution is 2.18. The van der Waals surface area contributed by atoms with Crippen molar-refractivity contribution < 1.29 is 24.8 Å². The number of hydrogen-bond donors (Lipinski definition) is 3.